The summed E-state index contributed by atoms with van der Waals surface area (Å²) in [4.78, 5) is 16.7. The molecule has 1 heterocycles. The van der Waals surface area contributed by atoms with E-state index in [2.05, 4.69) is 24.1 Å². The lowest BCUT2D eigenvalue weighted by molar-refractivity contribution is -0.122. The van der Waals surface area contributed by atoms with Crippen LogP contribution in [0.1, 0.15) is 52.5 Å². The molecule has 1 amide bonds. The van der Waals surface area contributed by atoms with Crippen LogP contribution in [0.5, 0.6) is 11.5 Å². The van der Waals surface area contributed by atoms with E-state index in [-0.39, 0.29) is 29.9 Å². The van der Waals surface area contributed by atoms with E-state index in [0.717, 1.165) is 24.6 Å². The molecule has 0 fully saturated rings. The zero-order valence-electron chi connectivity index (χ0n) is 24.2. The Morgan fingerprint density at radius 3 is 2.44 bits per heavy atom. The molecule has 0 aliphatic rings. The second kappa shape index (κ2) is 16.4. The molecule has 218 valence electrons. The normalized spacial score (nSPS) is 14.6. The highest BCUT2D eigenvalue weighted by molar-refractivity contribution is 5.92. The summed E-state index contributed by atoms with van der Waals surface area (Å²) in [5.74, 6) is 0.320. The maximum Gasteiger partial charge on any atom is 0.227 e. The number of carbonyl (C=O) groups is 1. The summed E-state index contributed by atoms with van der Waals surface area (Å²) in [5.41, 5.74) is 7.66. The van der Waals surface area contributed by atoms with E-state index >= 15 is 0 Å². The molecule has 8 nitrogen and oxygen atoms in total. The number of nitrogens with one attached hydrogen (secondary N) is 1. The van der Waals surface area contributed by atoms with Crippen LogP contribution in [-0.2, 0) is 16.0 Å². The van der Waals surface area contributed by atoms with Crippen molar-refractivity contribution in [1.82, 2.24) is 4.98 Å². The van der Waals surface area contributed by atoms with Crippen molar-refractivity contribution in [3.05, 3.63) is 48.0 Å². The Morgan fingerprint density at radius 1 is 1.08 bits per heavy atom. The lowest BCUT2D eigenvalue weighted by Gasteiger charge is -2.30. The number of hydrogen-bond acceptors (Lipinski definition) is 7. The molecule has 0 saturated carbocycles. The predicted octanol–water partition coefficient (Wildman–Crippen LogP) is 4.84. The Labute approximate surface area is 232 Å². The quantitative estimate of drug-likeness (QED) is 0.243. The average Bonchev–Trinajstić information content (AvgIpc) is 2.90. The fourth-order valence-corrected chi connectivity index (χ4v) is 4.57. The van der Waals surface area contributed by atoms with Crippen LogP contribution in [0.25, 0.3) is 0 Å². The van der Waals surface area contributed by atoms with Crippen LogP contribution in [0, 0.1) is 29.5 Å². The van der Waals surface area contributed by atoms with E-state index in [1.54, 1.807) is 14.2 Å². The molecule has 0 radical (unpaired) electrons. The number of nitrogens with two attached hydrogens (primary N) is 1. The number of nitrogens with zero attached hydrogens (tertiary/aromatic N) is 1. The van der Waals surface area contributed by atoms with Crippen molar-refractivity contribution >= 4 is 11.6 Å². The number of carbonyl (C=O) groups excluding carboxylic acids is 1. The molecule has 0 bridgehead atoms. The largest absolute Gasteiger partial charge is 0.493 e. The first-order chi connectivity index (χ1) is 18.6. The minimum absolute atomic E-state index is 0.0701. The lowest BCUT2D eigenvalue weighted by atomic mass is 9.81. The molecule has 0 aliphatic carbocycles. The molecule has 39 heavy (non-hydrogen) atoms. The number of hydrogen-bond donors (Lipinski definition) is 3. The van der Waals surface area contributed by atoms with Crippen molar-refractivity contribution < 1.29 is 28.5 Å². The van der Waals surface area contributed by atoms with Gasteiger partial charge in [0.1, 0.15) is 0 Å². The number of methoxy groups -OCH3 is 2. The van der Waals surface area contributed by atoms with Gasteiger partial charge in [-0.25, -0.2) is 4.39 Å². The molecule has 9 heteroatoms. The van der Waals surface area contributed by atoms with Gasteiger partial charge in [-0.05, 0) is 60.8 Å². The van der Waals surface area contributed by atoms with Crippen LogP contribution in [0.4, 0.5) is 10.1 Å². The average molecular weight is 548 g/mol. The van der Waals surface area contributed by atoms with E-state index < -0.39 is 23.9 Å². The Bertz CT molecular complexity index is 1020. The van der Waals surface area contributed by atoms with Gasteiger partial charge in [-0.3, -0.25) is 9.78 Å². The van der Waals surface area contributed by atoms with Gasteiger partial charge in [-0.1, -0.05) is 33.8 Å². The summed E-state index contributed by atoms with van der Waals surface area (Å²) in [6.07, 6.45) is 3.88. The summed E-state index contributed by atoms with van der Waals surface area (Å²) >= 11 is 0. The van der Waals surface area contributed by atoms with Gasteiger partial charge in [-0.2, -0.15) is 0 Å². The van der Waals surface area contributed by atoms with Gasteiger partial charge in [0, 0.05) is 38.3 Å². The summed E-state index contributed by atoms with van der Waals surface area (Å²) in [6, 6.07) is 6.82. The number of anilines is 1. The SMILES string of the molecule is COCCCOc1cc(CC(CC(N)C(O)CC(C(=O)Nc2ccncc2F)C(C)C)C(C)C)ccc1OC. The smallest absolute Gasteiger partial charge is 0.227 e. The maximum absolute atomic E-state index is 14.0. The monoisotopic (exact) mass is 547 g/mol. The molecule has 1 aromatic heterocycles. The maximum atomic E-state index is 14.0. The second-order valence-electron chi connectivity index (χ2n) is 10.8. The number of benzene rings is 1. The fraction of sp³-hybridized carbons (Fsp3) is 0.600. The molecular formula is C30H46FN3O5. The van der Waals surface area contributed by atoms with E-state index in [1.165, 1.54) is 12.3 Å². The minimum Gasteiger partial charge on any atom is -0.493 e. The van der Waals surface area contributed by atoms with Crippen LogP contribution in [-0.4, -0.2) is 55.6 Å². The molecule has 2 aromatic rings. The number of amides is 1. The third-order valence-electron chi connectivity index (χ3n) is 7.16. The van der Waals surface area contributed by atoms with Crippen LogP contribution in [0.3, 0.4) is 0 Å². The van der Waals surface area contributed by atoms with Gasteiger partial charge in [0.2, 0.25) is 5.91 Å². The number of halogens is 1. The summed E-state index contributed by atoms with van der Waals surface area (Å²) in [5, 5.41) is 13.6. The molecule has 1 aromatic carbocycles. The van der Waals surface area contributed by atoms with E-state index in [9.17, 15) is 14.3 Å². The topological polar surface area (TPSA) is 116 Å². The second-order valence-corrected chi connectivity index (χ2v) is 10.8. The summed E-state index contributed by atoms with van der Waals surface area (Å²) in [6.45, 7) is 9.24. The van der Waals surface area contributed by atoms with Crippen molar-refractivity contribution in [2.45, 2.75) is 65.5 Å². The van der Waals surface area contributed by atoms with Gasteiger partial charge in [0.05, 0.1) is 31.7 Å². The number of ether oxygens (including phenoxy) is 3. The number of pyridine rings is 1. The van der Waals surface area contributed by atoms with Crippen LogP contribution in [0.2, 0.25) is 0 Å². The van der Waals surface area contributed by atoms with Gasteiger partial charge in [-0.15, -0.1) is 0 Å². The molecule has 4 unspecified atom stereocenters. The van der Waals surface area contributed by atoms with Crippen molar-refractivity contribution in [2.24, 2.45) is 29.4 Å². The fourth-order valence-electron chi connectivity index (χ4n) is 4.57. The first kappa shape index (κ1) is 32.5. The Morgan fingerprint density at radius 2 is 1.82 bits per heavy atom. The molecule has 4 atom stereocenters. The van der Waals surface area contributed by atoms with Crippen LogP contribution in [0.15, 0.2) is 36.7 Å². The van der Waals surface area contributed by atoms with Gasteiger partial charge in [0.15, 0.2) is 17.3 Å². The Hall–Kier alpha value is -2.75. The summed E-state index contributed by atoms with van der Waals surface area (Å²) in [7, 11) is 3.28. The van der Waals surface area contributed by atoms with Gasteiger partial charge < -0.3 is 30.4 Å². The van der Waals surface area contributed by atoms with E-state index in [1.807, 2.05) is 32.0 Å². The van der Waals surface area contributed by atoms with Gasteiger partial charge in [0.25, 0.3) is 0 Å². The van der Waals surface area contributed by atoms with E-state index in [0.29, 0.717) is 37.1 Å². The zero-order chi connectivity index (χ0) is 28.9. The molecule has 4 N–H and O–H groups in total. The molecule has 0 aliphatic heterocycles. The highest BCUT2D eigenvalue weighted by Crippen LogP contribution is 2.32. The highest BCUT2D eigenvalue weighted by Gasteiger charge is 2.30. The first-order valence-corrected chi connectivity index (χ1v) is 13.7. The first-order valence-electron chi connectivity index (χ1n) is 13.7. The zero-order valence-corrected chi connectivity index (χ0v) is 24.2. The van der Waals surface area contributed by atoms with Crippen LogP contribution >= 0.6 is 0 Å². The highest BCUT2D eigenvalue weighted by atomic mass is 19.1. The molecule has 0 spiro atoms. The van der Waals surface area contributed by atoms with Gasteiger partial charge >= 0.3 is 0 Å². The number of rotatable bonds is 17. The number of aliphatic hydroxyl groups is 1. The van der Waals surface area contributed by atoms with Crippen molar-refractivity contribution in [2.75, 3.05) is 32.8 Å². The Kier molecular flexibility index (Phi) is 13.6. The molecular weight excluding hydrogens is 501 g/mol. The number of aliphatic hydroxyl groups excluding tert-OH is 1. The molecule has 0 saturated heterocycles. The number of aromatic nitrogens is 1. The van der Waals surface area contributed by atoms with Crippen LogP contribution < -0.4 is 20.5 Å². The van der Waals surface area contributed by atoms with E-state index in [4.69, 9.17) is 19.9 Å². The van der Waals surface area contributed by atoms with Crippen molar-refractivity contribution in [1.29, 1.82) is 0 Å². The summed E-state index contributed by atoms with van der Waals surface area (Å²) < 4.78 is 30.5. The lowest BCUT2D eigenvalue weighted by Crippen LogP contribution is -2.41. The third-order valence-corrected chi connectivity index (χ3v) is 7.16. The van der Waals surface area contributed by atoms with Crippen molar-refractivity contribution in [3.63, 3.8) is 0 Å². The minimum atomic E-state index is -0.887. The predicted molar refractivity (Wildman–Crippen MR) is 151 cm³/mol. The standard InChI is InChI=1S/C30H46FN3O5/c1-19(2)22(14-21-8-9-28(38-6)29(15-21)39-13-7-12-37-5)16-25(32)27(35)17-23(20(3)4)30(36)34-26-10-11-33-18-24(26)31/h8-11,15,18-20,22-23,25,27,35H,7,12-14,16-17,32H2,1-6H3,(H,33,34,36). The van der Waals surface area contributed by atoms with Crippen molar-refractivity contribution in [3.8, 4) is 11.5 Å². The third kappa shape index (κ3) is 10.4. The Balaban J connectivity index is 2.05. The molecule has 2 rings (SSSR count).